The monoisotopic (exact) mass is 283 g/mol. The van der Waals surface area contributed by atoms with Gasteiger partial charge in [0.2, 0.25) is 0 Å². The van der Waals surface area contributed by atoms with Crippen LogP contribution in [0.1, 0.15) is 0 Å². The third-order valence-corrected chi connectivity index (χ3v) is 3.43. The summed E-state index contributed by atoms with van der Waals surface area (Å²) in [5, 5.41) is 20.9. The molecular weight excluding hydrogens is 266 g/mol. The van der Waals surface area contributed by atoms with Gasteiger partial charge in [0.15, 0.2) is 11.5 Å². The SMILES string of the molecule is O=C1C2=C(O)C(O)C=CN2NC2COCCOCCN12. The van der Waals surface area contributed by atoms with Gasteiger partial charge in [0.1, 0.15) is 12.3 Å². The second-order valence-corrected chi connectivity index (χ2v) is 4.72. The molecule has 2 saturated heterocycles. The number of carbonyl (C=O) groups excluding carboxylic acids is 1. The van der Waals surface area contributed by atoms with Gasteiger partial charge in [0, 0.05) is 12.7 Å². The summed E-state index contributed by atoms with van der Waals surface area (Å²) in [4.78, 5) is 14.0. The van der Waals surface area contributed by atoms with Gasteiger partial charge in [-0.05, 0) is 6.08 Å². The first-order chi connectivity index (χ1) is 9.68. The third kappa shape index (κ3) is 2.27. The molecule has 3 heterocycles. The van der Waals surface area contributed by atoms with Crippen LogP contribution in [-0.2, 0) is 14.3 Å². The second kappa shape index (κ2) is 5.41. The van der Waals surface area contributed by atoms with Gasteiger partial charge in [0.05, 0.1) is 26.4 Å². The highest BCUT2D eigenvalue weighted by atomic mass is 16.5. The molecule has 0 aliphatic carbocycles. The van der Waals surface area contributed by atoms with E-state index in [1.165, 1.54) is 17.3 Å². The van der Waals surface area contributed by atoms with Crippen molar-refractivity contribution in [1.29, 1.82) is 0 Å². The molecule has 1 amide bonds. The van der Waals surface area contributed by atoms with Gasteiger partial charge in [0.25, 0.3) is 5.91 Å². The Morgan fingerprint density at radius 3 is 2.95 bits per heavy atom. The number of hydrogen-bond donors (Lipinski definition) is 3. The molecule has 2 atom stereocenters. The number of amides is 1. The average Bonchev–Trinajstić information content (AvgIpc) is 2.55. The zero-order valence-corrected chi connectivity index (χ0v) is 10.9. The molecule has 110 valence electrons. The molecule has 2 unspecified atom stereocenters. The molecule has 3 aliphatic heterocycles. The largest absolute Gasteiger partial charge is 0.507 e. The molecule has 0 radical (unpaired) electrons. The van der Waals surface area contributed by atoms with E-state index < -0.39 is 6.10 Å². The van der Waals surface area contributed by atoms with Crippen LogP contribution >= 0.6 is 0 Å². The minimum absolute atomic E-state index is 0.0375. The fourth-order valence-corrected chi connectivity index (χ4v) is 2.39. The maximum absolute atomic E-state index is 12.5. The van der Waals surface area contributed by atoms with Gasteiger partial charge in [-0.25, -0.2) is 5.43 Å². The summed E-state index contributed by atoms with van der Waals surface area (Å²) in [6, 6.07) is 0. The van der Waals surface area contributed by atoms with Crippen LogP contribution in [-0.4, -0.2) is 71.3 Å². The Morgan fingerprint density at radius 2 is 2.10 bits per heavy atom. The van der Waals surface area contributed by atoms with E-state index >= 15 is 0 Å². The summed E-state index contributed by atoms with van der Waals surface area (Å²) >= 11 is 0. The first kappa shape index (κ1) is 13.4. The quantitative estimate of drug-likeness (QED) is 0.507. The Balaban J connectivity index is 1.88. The summed E-state index contributed by atoms with van der Waals surface area (Å²) < 4.78 is 10.8. The Hall–Kier alpha value is -1.61. The lowest BCUT2D eigenvalue weighted by molar-refractivity contribution is -0.141. The van der Waals surface area contributed by atoms with Crippen molar-refractivity contribution >= 4 is 5.91 Å². The average molecular weight is 283 g/mol. The van der Waals surface area contributed by atoms with E-state index in [1.54, 1.807) is 4.90 Å². The van der Waals surface area contributed by atoms with E-state index in [1.807, 2.05) is 0 Å². The Morgan fingerprint density at radius 1 is 1.30 bits per heavy atom. The highest BCUT2D eigenvalue weighted by Crippen LogP contribution is 2.24. The maximum atomic E-state index is 12.5. The van der Waals surface area contributed by atoms with Gasteiger partial charge in [-0.15, -0.1) is 0 Å². The van der Waals surface area contributed by atoms with Gasteiger partial charge >= 0.3 is 0 Å². The molecule has 2 fully saturated rings. The molecular formula is C12H17N3O5. The summed E-state index contributed by atoms with van der Waals surface area (Å²) in [7, 11) is 0. The summed E-state index contributed by atoms with van der Waals surface area (Å²) in [5.74, 6) is -0.714. The predicted octanol–water partition coefficient (Wildman–Crippen LogP) is -1.33. The van der Waals surface area contributed by atoms with Crippen molar-refractivity contribution in [2.75, 3.05) is 33.0 Å². The predicted molar refractivity (Wildman–Crippen MR) is 66.9 cm³/mol. The Labute approximate surface area is 115 Å². The first-order valence-corrected chi connectivity index (χ1v) is 6.50. The van der Waals surface area contributed by atoms with Gasteiger partial charge < -0.3 is 24.6 Å². The highest BCUT2D eigenvalue weighted by molar-refractivity contribution is 5.94. The Kier molecular flexibility index (Phi) is 3.62. The number of carbonyl (C=O) groups is 1. The number of rotatable bonds is 0. The van der Waals surface area contributed by atoms with E-state index in [4.69, 9.17) is 9.47 Å². The molecule has 0 bridgehead atoms. The van der Waals surface area contributed by atoms with Crippen molar-refractivity contribution in [3.05, 3.63) is 23.7 Å². The zero-order valence-electron chi connectivity index (χ0n) is 10.9. The highest BCUT2D eigenvalue weighted by Gasteiger charge is 2.40. The van der Waals surface area contributed by atoms with E-state index in [2.05, 4.69) is 5.43 Å². The van der Waals surface area contributed by atoms with Crippen LogP contribution in [0.5, 0.6) is 0 Å². The van der Waals surface area contributed by atoms with E-state index in [0.717, 1.165) is 0 Å². The molecule has 3 N–H and O–H groups in total. The normalized spacial score (nSPS) is 31.4. The molecule has 20 heavy (non-hydrogen) atoms. The van der Waals surface area contributed by atoms with Crippen LogP contribution in [0.2, 0.25) is 0 Å². The molecule has 8 nitrogen and oxygen atoms in total. The maximum Gasteiger partial charge on any atom is 0.277 e. The summed E-state index contributed by atoms with van der Waals surface area (Å²) in [6.07, 6.45) is 1.43. The van der Waals surface area contributed by atoms with Crippen molar-refractivity contribution in [2.24, 2.45) is 0 Å². The van der Waals surface area contributed by atoms with Crippen LogP contribution in [0.3, 0.4) is 0 Å². The van der Waals surface area contributed by atoms with Gasteiger partial charge in [-0.2, -0.15) is 0 Å². The molecule has 0 spiro atoms. The summed E-state index contributed by atoms with van der Waals surface area (Å²) in [5.41, 5.74) is 3.11. The lowest BCUT2D eigenvalue weighted by atomic mass is 10.1. The molecule has 3 rings (SSSR count). The third-order valence-electron chi connectivity index (χ3n) is 3.43. The molecule has 0 aromatic heterocycles. The standard InChI is InChI=1S/C12H17N3O5/c16-8-1-2-15-10(11(8)17)12(18)14-3-4-19-5-6-20-7-9(14)13-15/h1-2,8-9,13,16-17H,3-7H2. The molecule has 3 aliphatic rings. The molecule has 0 aromatic carbocycles. The Bertz CT molecular complexity index is 464. The van der Waals surface area contributed by atoms with Gasteiger partial charge in [-0.1, -0.05) is 0 Å². The number of nitrogens with zero attached hydrogens (tertiary/aromatic N) is 2. The topological polar surface area (TPSA) is 94.5 Å². The zero-order chi connectivity index (χ0) is 14.1. The fourth-order valence-electron chi connectivity index (χ4n) is 2.39. The number of hydrazine groups is 1. The smallest absolute Gasteiger partial charge is 0.277 e. The first-order valence-electron chi connectivity index (χ1n) is 6.50. The van der Waals surface area contributed by atoms with Crippen molar-refractivity contribution in [3.63, 3.8) is 0 Å². The van der Waals surface area contributed by atoms with Crippen molar-refractivity contribution in [1.82, 2.24) is 15.3 Å². The van der Waals surface area contributed by atoms with Crippen LogP contribution < -0.4 is 5.43 Å². The molecule has 0 saturated carbocycles. The van der Waals surface area contributed by atoms with Crippen molar-refractivity contribution in [3.8, 4) is 0 Å². The fraction of sp³-hybridized carbons (Fsp3) is 0.583. The van der Waals surface area contributed by atoms with E-state index in [0.29, 0.717) is 33.0 Å². The van der Waals surface area contributed by atoms with Crippen LogP contribution in [0.25, 0.3) is 0 Å². The number of ether oxygens (including phenoxy) is 2. The van der Waals surface area contributed by atoms with Gasteiger partial charge in [-0.3, -0.25) is 9.80 Å². The number of aliphatic hydroxyl groups is 2. The van der Waals surface area contributed by atoms with Crippen LogP contribution in [0, 0.1) is 0 Å². The summed E-state index contributed by atoms with van der Waals surface area (Å²) in [6.45, 7) is 2.09. The lowest BCUT2D eigenvalue weighted by Crippen LogP contribution is -2.63. The lowest BCUT2D eigenvalue weighted by Gasteiger charge is -2.43. The minimum atomic E-state index is -1.16. The second-order valence-electron chi connectivity index (χ2n) is 4.72. The molecule has 0 aromatic rings. The number of fused-ring (bicyclic) bond motifs is 2. The van der Waals surface area contributed by atoms with E-state index in [9.17, 15) is 15.0 Å². The van der Waals surface area contributed by atoms with E-state index in [-0.39, 0.29) is 23.5 Å². The molecule has 8 heteroatoms. The number of hydrogen-bond acceptors (Lipinski definition) is 7. The van der Waals surface area contributed by atoms with Crippen LogP contribution in [0.4, 0.5) is 0 Å². The van der Waals surface area contributed by atoms with Crippen molar-refractivity contribution < 1.29 is 24.5 Å². The van der Waals surface area contributed by atoms with Crippen LogP contribution in [0.15, 0.2) is 23.7 Å². The minimum Gasteiger partial charge on any atom is -0.507 e. The number of aliphatic hydroxyl groups excluding tert-OH is 2. The number of nitrogens with one attached hydrogen (secondary N) is 1. The van der Waals surface area contributed by atoms with Crippen molar-refractivity contribution in [2.45, 2.75) is 12.3 Å².